The van der Waals surface area contributed by atoms with Crippen LogP contribution in [0.4, 0.5) is 17.3 Å². The molecule has 0 fully saturated rings. The SMILES string of the molecule is CC(C)Nc1ncc(-c2ccc3c(c2)NC(=O)C3C(=Nc2ccc(C(=O)O)cc2)c2ccccc2)cn1. The summed E-state index contributed by atoms with van der Waals surface area (Å²) >= 11 is 0. The van der Waals surface area contributed by atoms with Crippen LogP contribution in [0.25, 0.3) is 11.1 Å². The van der Waals surface area contributed by atoms with Gasteiger partial charge in [0.25, 0.3) is 0 Å². The van der Waals surface area contributed by atoms with Crippen molar-refractivity contribution in [2.75, 3.05) is 10.6 Å². The van der Waals surface area contributed by atoms with E-state index in [4.69, 9.17) is 4.99 Å². The van der Waals surface area contributed by atoms with E-state index < -0.39 is 11.9 Å². The maximum atomic E-state index is 13.3. The van der Waals surface area contributed by atoms with E-state index in [2.05, 4.69) is 20.6 Å². The minimum Gasteiger partial charge on any atom is -0.478 e. The Morgan fingerprint density at radius 1 is 0.946 bits per heavy atom. The normalized spacial score (nSPS) is 14.8. The van der Waals surface area contributed by atoms with Crippen molar-refractivity contribution in [3.63, 3.8) is 0 Å². The molecule has 184 valence electrons. The number of carbonyl (C=O) groups is 2. The summed E-state index contributed by atoms with van der Waals surface area (Å²) in [6.45, 7) is 4.05. The Labute approximate surface area is 214 Å². The van der Waals surface area contributed by atoms with Crippen molar-refractivity contribution in [1.82, 2.24) is 9.97 Å². The van der Waals surface area contributed by atoms with Gasteiger partial charge in [-0.25, -0.2) is 14.8 Å². The summed E-state index contributed by atoms with van der Waals surface area (Å²) in [6.07, 6.45) is 3.51. The smallest absolute Gasteiger partial charge is 0.335 e. The zero-order valence-corrected chi connectivity index (χ0v) is 20.3. The molecular formula is C29H25N5O3. The fourth-order valence-electron chi connectivity index (χ4n) is 4.25. The first kappa shape index (κ1) is 23.9. The van der Waals surface area contributed by atoms with Gasteiger partial charge in [0.05, 0.1) is 17.0 Å². The summed E-state index contributed by atoms with van der Waals surface area (Å²) in [5, 5.41) is 15.4. The van der Waals surface area contributed by atoms with Gasteiger partial charge < -0.3 is 15.7 Å². The first-order chi connectivity index (χ1) is 17.9. The summed E-state index contributed by atoms with van der Waals surface area (Å²) in [5.74, 6) is -1.24. The molecule has 5 rings (SSSR count). The van der Waals surface area contributed by atoms with E-state index in [-0.39, 0.29) is 17.5 Å². The number of nitrogens with one attached hydrogen (secondary N) is 2. The van der Waals surface area contributed by atoms with Crippen molar-refractivity contribution in [2.24, 2.45) is 4.99 Å². The molecule has 1 aromatic heterocycles. The lowest BCUT2D eigenvalue weighted by atomic mass is 9.90. The second-order valence-electron chi connectivity index (χ2n) is 9.03. The van der Waals surface area contributed by atoms with Gasteiger partial charge in [-0.1, -0.05) is 42.5 Å². The van der Waals surface area contributed by atoms with Gasteiger partial charge in [-0.05, 0) is 60.9 Å². The molecule has 2 heterocycles. The number of amides is 1. The van der Waals surface area contributed by atoms with Crippen molar-refractivity contribution in [3.05, 3.63) is 102 Å². The fraction of sp³-hybridized carbons (Fsp3) is 0.138. The number of hydrogen-bond acceptors (Lipinski definition) is 6. The quantitative estimate of drug-likeness (QED) is 0.293. The Morgan fingerprint density at radius 3 is 2.30 bits per heavy atom. The van der Waals surface area contributed by atoms with Gasteiger partial charge in [-0.15, -0.1) is 0 Å². The molecule has 1 amide bonds. The molecule has 3 aromatic carbocycles. The van der Waals surface area contributed by atoms with Crippen LogP contribution in [0.2, 0.25) is 0 Å². The maximum absolute atomic E-state index is 13.3. The third-order valence-corrected chi connectivity index (χ3v) is 5.99. The Bertz CT molecular complexity index is 1480. The molecule has 3 N–H and O–H groups in total. The lowest BCUT2D eigenvalue weighted by Crippen LogP contribution is -2.21. The zero-order valence-electron chi connectivity index (χ0n) is 20.3. The predicted octanol–water partition coefficient (Wildman–Crippen LogP) is 5.52. The van der Waals surface area contributed by atoms with Gasteiger partial charge in [0, 0.05) is 29.7 Å². The summed E-state index contributed by atoms with van der Waals surface area (Å²) in [6, 6.07) is 21.8. The monoisotopic (exact) mass is 491 g/mol. The minimum absolute atomic E-state index is 0.175. The van der Waals surface area contributed by atoms with E-state index in [0.29, 0.717) is 23.0 Å². The number of aliphatic imine (C=N–C) groups is 1. The Balaban J connectivity index is 1.52. The second kappa shape index (κ2) is 10.0. The van der Waals surface area contributed by atoms with Crippen LogP contribution in [0.3, 0.4) is 0 Å². The molecule has 0 radical (unpaired) electrons. The maximum Gasteiger partial charge on any atom is 0.335 e. The van der Waals surface area contributed by atoms with Crippen molar-refractivity contribution in [1.29, 1.82) is 0 Å². The van der Waals surface area contributed by atoms with Crippen molar-refractivity contribution < 1.29 is 14.7 Å². The molecule has 1 aliphatic rings. The summed E-state index contributed by atoms with van der Waals surface area (Å²) in [5.41, 5.74) is 5.38. The lowest BCUT2D eigenvalue weighted by molar-refractivity contribution is -0.115. The highest BCUT2D eigenvalue weighted by Gasteiger charge is 2.35. The van der Waals surface area contributed by atoms with Crippen LogP contribution < -0.4 is 10.6 Å². The largest absolute Gasteiger partial charge is 0.478 e. The molecule has 0 saturated carbocycles. The Hall–Kier alpha value is -4.85. The number of rotatable bonds is 7. The number of fused-ring (bicyclic) bond motifs is 1. The molecule has 8 heteroatoms. The predicted molar refractivity (Wildman–Crippen MR) is 144 cm³/mol. The summed E-state index contributed by atoms with van der Waals surface area (Å²) in [7, 11) is 0. The van der Waals surface area contributed by atoms with Gasteiger partial charge in [-0.3, -0.25) is 9.79 Å². The molecule has 8 nitrogen and oxygen atoms in total. The first-order valence-electron chi connectivity index (χ1n) is 11.9. The molecule has 0 saturated heterocycles. The van der Waals surface area contributed by atoms with Crippen LogP contribution in [0.1, 0.15) is 41.3 Å². The number of benzene rings is 3. The highest BCUT2D eigenvalue weighted by atomic mass is 16.4. The van der Waals surface area contributed by atoms with Gasteiger partial charge >= 0.3 is 5.97 Å². The van der Waals surface area contributed by atoms with E-state index in [0.717, 1.165) is 22.3 Å². The number of carbonyl (C=O) groups excluding carboxylic acids is 1. The number of nitrogens with zero attached hydrogens (tertiary/aromatic N) is 3. The number of hydrogen-bond donors (Lipinski definition) is 3. The minimum atomic E-state index is -1.00. The third kappa shape index (κ3) is 5.08. The Kier molecular flexibility index (Phi) is 6.47. The van der Waals surface area contributed by atoms with E-state index >= 15 is 0 Å². The van der Waals surface area contributed by atoms with E-state index in [1.54, 1.807) is 24.5 Å². The van der Waals surface area contributed by atoms with Crippen LogP contribution in [-0.4, -0.2) is 38.7 Å². The molecule has 1 unspecified atom stereocenters. The van der Waals surface area contributed by atoms with E-state index in [1.165, 1.54) is 12.1 Å². The molecule has 1 atom stereocenters. The molecular weight excluding hydrogens is 466 g/mol. The molecule has 0 spiro atoms. The van der Waals surface area contributed by atoms with Gasteiger partial charge in [0.15, 0.2) is 0 Å². The van der Waals surface area contributed by atoms with Crippen LogP contribution in [0.5, 0.6) is 0 Å². The highest BCUT2D eigenvalue weighted by Crippen LogP contribution is 2.38. The fourth-order valence-corrected chi connectivity index (χ4v) is 4.25. The molecule has 1 aliphatic heterocycles. The van der Waals surface area contributed by atoms with Crippen molar-refractivity contribution in [3.8, 4) is 11.1 Å². The molecule has 0 bridgehead atoms. The van der Waals surface area contributed by atoms with E-state index in [1.807, 2.05) is 62.4 Å². The van der Waals surface area contributed by atoms with Crippen molar-refractivity contribution in [2.45, 2.75) is 25.8 Å². The first-order valence-corrected chi connectivity index (χ1v) is 11.9. The second-order valence-corrected chi connectivity index (χ2v) is 9.03. The standard InChI is InChI=1S/C29H25N5O3/c1-17(2)32-29-30-15-21(16-31-29)20-10-13-23-24(14-20)34-27(35)25(23)26(18-6-4-3-5-7-18)33-22-11-8-19(9-12-22)28(36)37/h3-17,25H,1-2H3,(H,34,35)(H,36,37)(H,30,31,32). The number of carboxylic acid groups (broad SMARTS) is 1. The number of carboxylic acids is 1. The average Bonchev–Trinajstić information content (AvgIpc) is 3.22. The average molecular weight is 492 g/mol. The zero-order chi connectivity index (χ0) is 25.9. The molecule has 37 heavy (non-hydrogen) atoms. The van der Waals surface area contributed by atoms with Crippen LogP contribution in [0.15, 0.2) is 90.2 Å². The lowest BCUT2D eigenvalue weighted by Gasteiger charge is -2.14. The summed E-state index contributed by atoms with van der Waals surface area (Å²) < 4.78 is 0. The van der Waals surface area contributed by atoms with Crippen molar-refractivity contribution >= 4 is 34.9 Å². The number of aromatic carboxylic acids is 1. The van der Waals surface area contributed by atoms with E-state index in [9.17, 15) is 14.7 Å². The third-order valence-electron chi connectivity index (χ3n) is 5.99. The van der Waals surface area contributed by atoms with Gasteiger partial charge in [0.1, 0.15) is 5.92 Å². The highest BCUT2D eigenvalue weighted by molar-refractivity contribution is 6.24. The molecule has 4 aromatic rings. The Morgan fingerprint density at radius 2 is 1.65 bits per heavy atom. The van der Waals surface area contributed by atoms with Crippen LogP contribution in [0, 0.1) is 0 Å². The van der Waals surface area contributed by atoms with Gasteiger partial charge in [-0.2, -0.15) is 0 Å². The number of anilines is 2. The number of aromatic nitrogens is 2. The van der Waals surface area contributed by atoms with Gasteiger partial charge in [0.2, 0.25) is 11.9 Å². The topological polar surface area (TPSA) is 117 Å². The van der Waals surface area contributed by atoms with Crippen LogP contribution in [-0.2, 0) is 4.79 Å². The van der Waals surface area contributed by atoms with Crippen LogP contribution >= 0.6 is 0 Å². The summed E-state index contributed by atoms with van der Waals surface area (Å²) in [4.78, 5) is 38.1. The molecule has 0 aliphatic carbocycles.